The molecule has 2 rings (SSSR count). The van der Waals surface area contributed by atoms with Crippen molar-refractivity contribution in [2.75, 3.05) is 6.61 Å². The molecule has 0 radical (unpaired) electrons. The van der Waals surface area contributed by atoms with Crippen LogP contribution in [0.25, 0.3) is 0 Å². The summed E-state index contributed by atoms with van der Waals surface area (Å²) >= 11 is 3.38. The van der Waals surface area contributed by atoms with Gasteiger partial charge in [0.15, 0.2) is 0 Å². The number of likely N-dealkylation sites (tertiary alicyclic amines) is 1. The van der Waals surface area contributed by atoms with Crippen LogP contribution in [0.4, 0.5) is 4.79 Å². The van der Waals surface area contributed by atoms with Crippen LogP contribution in [0.2, 0.25) is 0 Å². The minimum atomic E-state index is -0.670. The summed E-state index contributed by atoms with van der Waals surface area (Å²) in [6.45, 7) is 5.03. The molecule has 1 aliphatic heterocycles. The molecule has 1 aromatic carbocycles. The third-order valence-electron chi connectivity index (χ3n) is 3.70. The highest BCUT2D eigenvalue weighted by Gasteiger charge is 2.44. The first kappa shape index (κ1) is 17.9. The number of nitrogens with zero attached hydrogens (tertiary/aromatic N) is 1. The number of halogens is 1. The maximum absolute atomic E-state index is 12.4. The highest BCUT2D eigenvalue weighted by atomic mass is 79.9. The summed E-state index contributed by atoms with van der Waals surface area (Å²) in [5.74, 6) is -0.896. The number of aliphatic hydroxyl groups is 1. The fourth-order valence-electron chi connectivity index (χ4n) is 2.68. The van der Waals surface area contributed by atoms with Gasteiger partial charge in [-0.3, -0.25) is 4.79 Å². The van der Waals surface area contributed by atoms with E-state index in [1.54, 1.807) is 20.8 Å². The minimum Gasteiger partial charge on any atom is -0.443 e. The molecular formula is C17H22BrNO4. The van der Waals surface area contributed by atoms with Crippen molar-refractivity contribution >= 4 is 27.9 Å². The van der Waals surface area contributed by atoms with Gasteiger partial charge < -0.3 is 9.84 Å². The summed E-state index contributed by atoms with van der Waals surface area (Å²) in [7, 11) is 0. The summed E-state index contributed by atoms with van der Waals surface area (Å²) in [6.07, 6.45) is 0.361. The van der Waals surface area contributed by atoms with E-state index in [0.717, 1.165) is 10.0 Å². The van der Waals surface area contributed by atoms with Gasteiger partial charge in [0.25, 0.3) is 0 Å². The van der Waals surface area contributed by atoms with Crippen LogP contribution in [0.1, 0.15) is 32.8 Å². The normalized spacial score (nSPS) is 21.6. The van der Waals surface area contributed by atoms with Gasteiger partial charge in [-0.1, -0.05) is 28.1 Å². The fourth-order valence-corrected chi connectivity index (χ4v) is 2.95. The molecule has 2 amide bonds. The van der Waals surface area contributed by atoms with Crippen molar-refractivity contribution in [1.82, 2.24) is 4.90 Å². The van der Waals surface area contributed by atoms with Gasteiger partial charge in [-0.05, 0) is 51.3 Å². The summed E-state index contributed by atoms with van der Waals surface area (Å²) in [5, 5.41) is 9.38. The maximum Gasteiger partial charge on any atom is 0.417 e. The first-order valence-corrected chi connectivity index (χ1v) is 8.42. The van der Waals surface area contributed by atoms with Crippen molar-refractivity contribution in [2.24, 2.45) is 5.92 Å². The molecule has 0 aliphatic carbocycles. The minimum absolute atomic E-state index is 0.255. The largest absolute Gasteiger partial charge is 0.443 e. The van der Waals surface area contributed by atoms with E-state index < -0.39 is 17.6 Å². The number of ether oxygens (including phenoxy) is 1. The van der Waals surface area contributed by atoms with Crippen LogP contribution < -0.4 is 0 Å². The molecule has 1 aliphatic rings. The van der Waals surface area contributed by atoms with Crippen LogP contribution in [0.15, 0.2) is 28.7 Å². The Morgan fingerprint density at radius 3 is 2.48 bits per heavy atom. The van der Waals surface area contributed by atoms with Crippen LogP contribution in [0.3, 0.4) is 0 Å². The first-order valence-electron chi connectivity index (χ1n) is 7.62. The number of carbonyl (C=O) groups is 2. The highest BCUT2D eigenvalue weighted by Crippen LogP contribution is 2.29. The molecule has 0 spiro atoms. The Bertz CT molecular complexity index is 579. The van der Waals surface area contributed by atoms with Gasteiger partial charge in [0, 0.05) is 10.5 Å². The molecule has 0 aromatic heterocycles. The lowest BCUT2D eigenvalue weighted by molar-refractivity contribution is -0.132. The second kappa shape index (κ2) is 7.01. The molecule has 126 valence electrons. The van der Waals surface area contributed by atoms with Crippen LogP contribution in [0.5, 0.6) is 0 Å². The molecule has 1 saturated heterocycles. The molecule has 0 bridgehead atoms. The number of imide groups is 1. The van der Waals surface area contributed by atoms with E-state index in [0.29, 0.717) is 12.8 Å². The second-order valence-corrected chi connectivity index (χ2v) is 7.70. The molecule has 1 aromatic rings. The lowest BCUT2D eigenvalue weighted by Crippen LogP contribution is -2.43. The van der Waals surface area contributed by atoms with E-state index in [-0.39, 0.29) is 18.6 Å². The highest BCUT2D eigenvalue weighted by molar-refractivity contribution is 9.10. The van der Waals surface area contributed by atoms with Crippen molar-refractivity contribution in [3.05, 3.63) is 34.3 Å². The number of benzene rings is 1. The number of carbonyl (C=O) groups excluding carboxylic acids is 2. The molecule has 2 atom stereocenters. The zero-order valence-electron chi connectivity index (χ0n) is 13.6. The summed E-state index contributed by atoms with van der Waals surface area (Å²) in [5.41, 5.74) is 0.356. The van der Waals surface area contributed by atoms with Crippen molar-refractivity contribution < 1.29 is 19.4 Å². The summed E-state index contributed by atoms with van der Waals surface area (Å²) in [6, 6.07) is 7.46. The van der Waals surface area contributed by atoms with Gasteiger partial charge >= 0.3 is 6.09 Å². The molecule has 1 heterocycles. The van der Waals surface area contributed by atoms with Gasteiger partial charge in [-0.2, -0.15) is 0 Å². The SMILES string of the molecule is CC(C)(C)OC(=O)N1C(=O)C(CO)C[C@H]1Cc1ccc(Br)cc1. The van der Waals surface area contributed by atoms with Gasteiger partial charge in [0.05, 0.1) is 12.5 Å². The van der Waals surface area contributed by atoms with Crippen LogP contribution >= 0.6 is 15.9 Å². The van der Waals surface area contributed by atoms with Crippen molar-refractivity contribution in [2.45, 2.75) is 45.3 Å². The average Bonchev–Trinajstić information content (AvgIpc) is 2.75. The van der Waals surface area contributed by atoms with Gasteiger partial charge in [-0.25, -0.2) is 9.69 Å². The van der Waals surface area contributed by atoms with E-state index in [4.69, 9.17) is 4.74 Å². The summed E-state index contributed by atoms with van der Waals surface area (Å²) in [4.78, 5) is 25.9. The standard InChI is InChI=1S/C17H22BrNO4/c1-17(2,3)23-16(22)19-14(9-12(10-20)15(19)21)8-11-4-6-13(18)7-5-11/h4-7,12,14,20H,8-10H2,1-3H3/t12?,14-/m1/s1. The van der Waals surface area contributed by atoms with E-state index in [1.807, 2.05) is 24.3 Å². The third-order valence-corrected chi connectivity index (χ3v) is 4.23. The Morgan fingerprint density at radius 2 is 1.96 bits per heavy atom. The van der Waals surface area contributed by atoms with Crippen molar-refractivity contribution in [3.63, 3.8) is 0 Å². The number of hydrogen-bond acceptors (Lipinski definition) is 4. The Morgan fingerprint density at radius 1 is 1.35 bits per heavy atom. The van der Waals surface area contributed by atoms with Gasteiger partial charge in [0.2, 0.25) is 5.91 Å². The quantitative estimate of drug-likeness (QED) is 0.870. The Kier molecular flexibility index (Phi) is 5.47. The number of aliphatic hydroxyl groups excluding tert-OH is 1. The molecule has 23 heavy (non-hydrogen) atoms. The van der Waals surface area contributed by atoms with Crippen LogP contribution in [-0.2, 0) is 16.0 Å². The molecular weight excluding hydrogens is 362 g/mol. The molecule has 1 N–H and O–H groups in total. The third kappa shape index (κ3) is 4.54. The van der Waals surface area contributed by atoms with Crippen molar-refractivity contribution in [3.8, 4) is 0 Å². The Hall–Kier alpha value is -1.40. The fraction of sp³-hybridized carbons (Fsp3) is 0.529. The van der Waals surface area contributed by atoms with Gasteiger partial charge in [0.1, 0.15) is 5.60 Å². The molecule has 5 nitrogen and oxygen atoms in total. The second-order valence-electron chi connectivity index (χ2n) is 6.79. The summed E-state index contributed by atoms with van der Waals surface area (Å²) < 4.78 is 6.32. The van der Waals surface area contributed by atoms with E-state index >= 15 is 0 Å². The monoisotopic (exact) mass is 383 g/mol. The van der Waals surface area contributed by atoms with Gasteiger partial charge in [-0.15, -0.1) is 0 Å². The molecule has 1 unspecified atom stereocenters. The Balaban J connectivity index is 2.19. The zero-order valence-corrected chi connectivity index (χ0v) is 15.2. The number of amides is 2. The van der Waals surface area contributed by atoms with Crippen LogP contribution in [0, 0.1) is 5.92 Å². The molecule has 6 heteroatoms. The van der Waals surface area contributed by atoms with Crippen molar-refractivity contribution in [1.29, 1.82) is 0 Å². The molecule has 0 saturated carbocycles. The maximum atomic E-state index is 12.4. The zero-order chi connectivity index (χ0) is 17.2. The smallest absolute Gasteiger partial charge is 0.417 e. The van der Waals surface area contributed by atoms with E-state index in [1.165, 1.54) is 4.90 Å². The first-order chi connectivity index (χ1) is 10.7. The lowest BCUT2D eigenvalue weighted by atomic mass is 10.0. The number of hydrogen-bond donors (Lipinski definition) is 1. The topological polar surface area (TPSA) is 66.8 Å². The average molecular weight is 384 g/mol. The predicted octanol–water partition coefficient (Wildman–Crippen LogP) is 3.14. The lowest BCUT2D eigenvalue weighted by Gasteiger charge is -2.27. The Labute approximate surface area is 144 Å². The van der Waals surface area contributed by atoms with Crippen LogP contribution in [-0.4, -0.2) is 40.3 Å². The number of rotatable bonds is 3. The molecule has 1 fully saturated rings. The van der Waals surface area contributed by atoms with E-state index in [2.05, 4.69) is 15.9 Å². The van der Waals surface area contributed by atoms with E-state index in [9.17, 15) is 14.7 Å². The predicted molar refractivity (Wildman–Crippen MR) is 89.9 cm³/mol.